The van der Waals surface area contributed by atoms with Gasteiger partial charge in [0.25, 0.3) is 0 Å². The predicted octanol–water partition coefficient (Wildman–Crippen LogP) is 4.96. The minimum Gasteiger partial charge on any atom is -0.250 e. The summed E-state index contributed by atoms with van der Waals surface area (Å²) in [4.78, 5) is 0. The highest BCUT2D eigenvalue weighted by atomic mass is 19.1. The molecule has 2 unspecified atom stereocenters. The number of fused-ring (bicyclic) bond motifs is 4. The molecule has 1 aliphatic rings. The van der Waals surface area contributed by atoms with Crippen LogP contribution in [0, 0.1) is 0 Å². The van der Waals surface area contributed by atoms with Gasteiger partial charge in [-0.15, -0.1) is 0 Å². The van der Waals surface area contributed by atoms with Crippen molar-refractivity contribution >= 4 is 0 Å². The number of alkyl halides is 1. The van der Waals surface area contributed by atoms with Crippen LogP contribution in [0.5, 0.6) is 0 Å². The van der Waals surface area contributed by atoms with Gasteiger partial charge in [-0.05, 0) is 37.5 Å². The Balaban J connectivity index is 2.52. The van der Waals surface area contributed by atoms with E-state index < -0.39 is 5.41 Å². The van der Waals surface area contributed by atoms with E-state index in [4.69, 9.17) is 0 Å². The van der Waals surface area contributed by atoms with Crippen LogP contribution >= 0.6 is 0 Å². The van der Waals surface area contributed by atoms with Gasteiger partial charge in [0.15, 0.2) is 5.69 Å². The Bertz CT molecular complexity index is 718. The molecule has 0 saturated carbocycles. The molecule has 3 rings (SSSR count). The largest absolute Gasteiger partial charge is 0.250 e. The fourth-order valence-corrected chi connectivity index (χ4v) is 4.67. The van der Waals surface area contributed by atoms with Gasteiger partial charge in [0.1, 0.15) is 13.2 Å². The van der Waals surface area contributed by atoms with Gasteiger partial charge in [0, 0.05) is 23.1 Å². The number of pyridine rings is 1. The highest BCUT2D eigenvalue weighted by Crippen LogP contribution is 2.52. The minimum atomic E-state index is -0.486. The van der Waals surface area contributed by atoms with Crippen molar-refractivity contribution in [1.82, 2.24) is 0 Å². The number of halogens is 1. The number of rotatable bonds is 4. The minimum absolute atomic E-state index is 0.222. The fourth-order valence-electron chi connectivity index (χ4n) is 4.67. The maximum absolute atomic E-state index is 14.7. The molecule has 1 aromatic heterocycles. The van der Waals surface area contributed by atoms with Crippen LogP contribution in [0.1, 0.15) is 51.8 Å². The first-order valence-electron chi connectivity index (χ1n) is 8.78. The van der Waals surface area contributed by atoms with Gasteiger partial charge in [0.05, 0.1) is 5.41 Å². The second-order valence-electron chi connectivity index (χ2n) is 6.84. The van der Waals surface area contributed by atoms with Gasteiger partial charge >= 0.3 is 0 Å². The van der Waals surface area contributed by atoms with Crippen molar-refractivity contribution in [3.63, 3.8) is 0 Å². The third-order valence-corrected chi connectivity index (χ3v) is 6.29. The molecule has 122 valence electrons. The van der Waals surface area contributed by atoms with E-state index in [0.717, 1.165) is 25.1 Å². The van der Waals surface area contributed by atoms with E-state index in [9.17, 15) is 4.39 Å². The maximum Gasteiger partial charge on any atom is 0.212 e. The maximum atomic E-state index is 14.7. The molecule has 0 saturated heterocycles. The van der Waals surface area contributed by atoms with Crippen molar-refractivity contribution in [2.24, 2.45) is 0 Å². The third-order valence-electron chi connectivity index (χ3n) is 6.29. The molecule has 2 aromatic rings. The Hall–Kier alpha value is -1.70. The Kier molecular flexibility index (Phi) is 4.03. The molecule has 2 heteroatoms. The van der Waals surface area contributed by atoms with Crippen LogP contribution in [-0.2, 0) is 17.4 Å². The summed E-state index contributed by atoms with van der Waals surface area (Å²) in [5.74, 6) is 0. The number of nitrogens with zero attached hydrogens (tertiary/aromatic N) is 1. The molecule has 2 heterocycles. The van der Waals surface area contributed by atoms with Gasteiger partial charge in [0.2, 0.25) is 5.69 Å². The number of hydrogen-bond donors (Lipinski definition) is 0. The summed E-state index contributed by atoms with van der Waals surface area (Å²) in [6.45, 7) is 9.27. The molecule has 0 spiro atoms. The summed E-state index contributed by atoms with van der Waals surface area (Å²) >= 11 is 0. The standard InChI is InChI=1S/C21H27FN/c1-5-20(4)17-12-9-8-11-16(17)18-13-10-14-19(23(18)7-3)21(20,6-2)15-22/h8-14H,5-7,15H2,1-4H3/q+1. The smallest absolute Gasteiger partial charge is 0.212 e. The molecule has 1 aromatic carbocycles. The highest BCUT2D eigenvalue weighted by molar-refractivity contribution is 5.65. The van der Waals surface area contributed by atoms with Crippen LogP contribution in [0.25, 0.3) is 11.3 Å². The Labute approximate surface area is 139 Å². The zero-order valence-electron chi connectivity index (χ0n) is 14.7. The molecule has 0 N–H and O–H groups in total. The van der Waals surface area contributed by atoms with Crippen LogP contribution in [0.2, 0.25) is 0 Å². The van der Waals surface area contributed by atoms with Crippen LogP contribution in [0.3, 0.4) is 0 Å². The van der Waals surface area contributed by atoms with Crippen LogP contribution in [0.4, 0.5) is 4.39 Å². The molecule has 2 bridgehead atoms. The van der Waals surface area contributed by atoms with Crippen molar-refractivity contribution in [1.29, 1.82) is 0 Å². The van der Waals surface area contributed by atoms with E-state index in [1.165, 1.54) is 16.8 Å². The van der Waals surface area contributed by atoms with Crippen LogP contribution < -0.4 is 4.57 Å². The van der Waals surface area contributed by atoms with Gasteiger partial charge in [-0.25, -0.2) is 4.39 Å². The molecule has 1 aliphatic heterocycles. The number of hydrogen-bond acceptors (Lipinski definition) is 0. The molecule has 2 atom stereocenters. The Morgan fingerprint density at radius 2 is 1.70 bits per heavy atom. The topological polar surface area (TPSA) is 3.88 Å². The molecule has 0 amide bonds. The SMILES string of the molecule is CC[n+]1c2cccc1C(CC)(CF)C(C)(CC)c1ccccc1-2. The van der Waals surface area contributed by atoms with Crippen molar-refractivity contribution in [2.45, 2.75) is 57.9 Å². The lowest BCUT2D eigenvalue weighted by Crippen LogP contribution is -2.54. The Morgan fingerprint density at radius 1 is 0.957 bits per heavy atom. The molecular formula is C21H27FN+. The Morgan fingerprint density at radius 3 is 2.30 bits per heavy atom. The zero-order chi connectivity index (χ0) is 16.7. The van der Waals surface area contributed by atoms with Gasteiger partial charge in [-0.1, -0.05) is 39.0 Å². The molecular weight excluding hydrogens is 285 g/mol. The predicted molar refractivity (Wildman–Crippen MR) is 93.3 cm³/mol. The van der Waals surface area contributed by atoms with Crippen LogP contribution in [-0.4, -0.2) is 6.67 Å². The van der Waals surface area contributed by atoms with Gasteiger partial charge in [-0.3, -0.25) is 0 Å². The molecule has 0 fully saturated rings. The zero-order valence-corrected chi connectivity index (χ0v) is 14.7. The lowest BCUT2D eigenvalue weighted by molar-refractivity contribution is -0.694. The highest BCUT2D eigenvalue weighted by Gasteiger charge is 2.56. The molecule has 0 aliphatic carbocycles. The lowest BCUT2D eigenvalue weighted by Gasteiger charge is -2.44. The van der Waals surface area contributed by atoms with Gasteiger partial charge < -0.3 is 0 Å². The van der Waals surface area contributed by atoms with Gasteiger partial charge in [-0.2, -0.15) is 4.57 Å². The second-order valence-corrected chi connectivity index (χ2v) is 6.84. The molecule has 1 nitrogen and oxygen atoms in total. The molecule has 23 heavy (non-hydrogen) atoms. The van der Waals surface area contributed by atoms with Crippen LogP contribution in [0.15, 0.2) is 42.5 Å². The fraction of sp³-hybridized carbons (Fsp3) is 0.476. The first-order chi connectivity index (χ1) is 11.1. The molecule has 0 radical (unpaired) electrons. The summed E-state index contributed by atoms with van der Waals surface area (Å²) in [5.41, 5.74) is 4.18. The second kappa shape index (κ2) is 5.74. The van der Waals surface area contributed by atoms with Crippen molar-refractivity contribution < 1.29 is 8.96 Å². The lowest BCUT2D eigenvalue weighted by atomic mass is 9.57. The van der Waals surface area contributed by atoms with Crippen molar-refractivity contribution in [3.05, 3.63) is 53.7 Å². The van der Waals surface area contributed by atoms with E-state index in [0.29, 0.717) is 0 Å². The summed E-state index contributed by atoms with van der Waals surface area (Å²) in [6.07, 6.45) is 1.72. The summed E-state index contributed by atoms with van der Waals surface area (Å²) in [7, 11) is 0. The summed E-state index contributed by atoms with van der Waals surface area (Å²) in [5, 5.41) is 0. The normalized spacial score (nSPS) is 25.8. The average Bonchev–Trinajstić information content (AvgIpc) is 2.65. The average molecular weight is 312 g/mol. The quantitative estimate of drug-likeness (QED) is 0.703. The summed E-state index contributed by atoms with van der Waals surface area (Å²) in [6, 6.07) is 15.0. The van der Waals surface area contributed by atoms with Crippen molar-refractivity contribution in [3.8, 4) is 11.3 Å². The van der Waals surface area contributed by atoms with E-state index in [2.05, 4.69) is 74.7 Å². The van der Waals surface area contributed by atoms with Crippen molar-refractivity contribution in [2.75, 3.05) is 6.67 Å². The monoisotopic (exact) mass is 312 g/mol. The first-order valence-corrected chi connectivity index (χ1v) is 8.78. The van der Waals surface area contributed by atoms with E-state index >= 15 is 0 Å². The van der Waals surface area contributed by atoms with E-state index in [-0.39, 0.29) is 12.1 Å². The van der Waals surface area contributed by atoms with E-state index in [1.54, 1.807) is 0 Å². The summed E-state index contributed by atoms with van der Waals surface area (Å²) < 4.78 is 17.0. The first kappa shape index (κ1) is 16.2. The van der Waals surface area contributed by atoms with E-state index in [1.807, 2.05) is 0 Å². The number of benzene rings is 1. The third kappa shape index (κ3) is 1.93. The number of aromatic nitrogens is 1.